The fraction of sp³-hybridized carbons (Fsp3) is 0.500. The lowest BCUT2D eigenvalue weighted by molar-refractivity contribution is -0.154. The van der Waals surface area contributed by atoms with Crippen LogP contribution in [-0.2, 0) is 23.8 Å². The third kappa shape index (κ3) is 6.78. The first-order valence-corrected chi connectivity index (χ1v) is 4.57. The van der Waals surface area contributed by atoms with Crippen LogP contribution in [0.1, 0.15) is 12.8 Å². The molecular weight excluding hydrogens is 232 g/mol. The predicted octanol–water partition coefficient (Wildman–Crippen LogP) is 0.179. The fourth-order valence-corrected chi connectivity index (χ4v) is 0.849. The van der Waals surface area contributed by atoms with Crippen molar-refractivity contribution in [3.05, 3.63) is 0 Å². The van der Waals surface area contributed by atoms with E-state index in [2.05, 4.69) is 20.1 Å². The minimum absolute atomic E-state index is 0.214. The zero-order valence-corrected chi connectivity index (χ0v) is 9.17. The largest absolute Gasteiger partial charge is 0.508 e. The first kappa shape index (κ1) is 14.8. The van der Waals surface area contributed by atoms with Crippen molar-refractivity contribution in [3.63, 3.8) is 0 Å². The lowest BCUT2D eigenvalue weighted by Gasteiger charge is -2.14. The van der Waals surface area contributed by atoms with Crippen molar-refractivity contribution >= 4 is 18.1 Å². The van der Waals surface area contributed by atoms with Gasteiger partial charge in [0.05, 0.1) is 7.11 Å². The number of ether oxygens (including phenoxy) is 3. The van der Waals surface area contributed by atoms with Crippen LogP contribution < -0.4 is 0 Å². The molecule has 0 aromatic rings. The Morgan fingerprint density at radius 3 is 2.53 bits per heavy atom. The van der Waals surface area contributed by atoms with Gasteiger partial charge in [0, 0.05) is 12.8 Å². The molecule has 7 heteroatoms. The maximum absolute atomic E-state index is 11.3. The van der Waals surface area contributed by atoms with Gasteiger partial charge in [-0.3, -0.25) is 4.79 Å². The van der Waals surface area contributed by atoms with E-state index in [-0.39, 0.29) is 19.4 Å². The molecule has 1 atom stereocenters. The Morgan fingerprint density at radius 2 is 2.06 bits per heavy atom. The monoisotopic (exact) mass is 244 g/mol. The second-order valence-electron chi connectivity index (χ2n) is 2.80. The van der Waals surface area contributed by atoms with Crippen molar-refractivity contribution in [2.75, 3.05) is 13.7 Å². The van der Waals surface area contributed by atoms with E-state index in [9.17, 15) is 14.4 Å². The zero-order chi connectivity index (χ0) is 13.3. The number of carboxylic acids is 1. The highest BCUT2D eigenvalue weighted by Crippen LogP contribution is 2.06. The molecule has 0 radical (unpaired) electrons. The number of terminal acetylenes is 1. The van der Waals surface area contributed by atoms with Crippen LogP contribution in [0.2, 0.25) is 0 Å². The van der Waals surface area contributed by atoms with Gasteiger partial charge >= 0.3 is 18.1 Å². The van der Waals surface area contributed by atoms with Gasteiger partial charge in [0.2, 0.25) is 6.10 Å². The molecule has 0 aliphatic heterocycles. The van der Waals surface area contributed by atoms with Crippen molar-refractivity contribution in [2.45, 2.75) is 18.9 Å². The van der Waals surface area contributed by atoms with Crippen LogP contribution in [0.5, 0.6) is 0 Å². The molecule has 0 saturated carbocycles. The number of carbonyl (C=O) groups is 3. The van der Waals surface area contributed by atoms with Crippen LogP contribution in [0.4, 0.5) is 4.79 Å². The molecule has 0 bridgehead atoms. The molecule has 0 heterocycles. The minimum Gasteiger partial charge on any atom is -0.481 e. The first-order chi connectivity index (χ1) is 8.01. The van der Waals surface area contributed by atoms with Gasteiger partial charge in [-0.2, -0.15) is 0 Å². The van der Waals surface area contributed by atoms with Gasteiger partial charge < -0.3 is 19.3 Å². The minimum atomic E-state index is -1.34. The van der Waals surface area contributed by atoms with Crippen LogP contribution in [-0.4, -0.2) is 43.0 Å². The molecule has 0 aromatic carbocycles. The summed E-state index contributed by atoms with van der Waals surface area (Å²) in [7, 11) is 1.06. The molecule has 94 valence electrons. The van der Waals surface area contributed by atoms with E-state index in [0.29, 0.717) is 0 Å². The number of esters is 1. The Bertz CT molecular complexity index is 328. The van der Waals surface area contributed by atoms with Crippen molar-refractivity contribution in [1.82, 2.24) is 0 Å². The van der Waals surface area contributed by atoms with Crippen molar-refractivity contribution < 1.29 is 33.7 Å². The lowest BCUT2D eigenvalue weighted by Crippen LogP contribution is -2.30. The molecule has 0 aliphatic rings. The van der Waals surface area contributed by atoms with Crippen molar-refractivity contribution in [3.8, 4) is 12.3 Å². The van der Waals surface area contributed by atoms with E-state index in [4.69, 9.17) is 11.5 Å². The fourth-order valence-electron chi connectivity index (χ4n) is 0.849. The molecule has 0 fully saturated rings. The Balaban J connectivity index is 4.38. The smallest absolute Gasteiger partial charge is 0.481 e. The number of methoxy groups -OCH3 is 1. The number of carboxylic acid groups (broad SMARTS) is 1. The number of hydrogen-bond donors (Lipinski definition) is 1. The normalized spacial score (nSPS) is 10.8. The number of rotatable bonds is 6. The predicted molar refractivity (Wildman–Crippen MR) is 53.9 cm³/mol. The van der Waals surface area contributed by atoms with Gasteiger partial charge in [0.15, 0.2) is 6.61 Å². The SMILES string of the molecule is C#CCOC(=O)C(CCC(=O)O)OC(=O)OC. The van der Waals surface area contributed by atoms with Gasteiger partial charge in [0.25, 0.3) is 0 Å². The molecule has 0 aromatic heterocycles. The summed E-state index contributed by atoms with van der Waals surface area (Å²) < 4.78 is 13.3. The van der Waals surface area contributed by atoms with Gasteiger partial charge in [0.1, 0.15) is 0 Å². The second-order valence-corrected chi connectivity index (χ2v) is 2.80. The molecule has 0 saturated heterocycles. The molecular formula is C10H12O7. The van der Waals surface area contributed by atoms with Crippen LogP contribution in [0.25, 0.3) is 0 Å². The third-order valence-corrected chi connectivity index (χ3v) is 1.59. The number of aliphatic carboxylic acids is 1. The quantitative estimate of drug-likeness (QED) is 0.525. The van der Waals surface area contributed by atoms with Crippen LogP contribution in [0.15, 0.2) is 0 Å². The average Bonchev–Trinajstić information content (AvgIpc) is 2.30. The standard InChI is InChI=1S/C10H12O7/c1-3-6-16-9(13)7(4-5-8(11)12)17-10(14)15-2/h1,7H,4-6H2,2H3,(H,11,12). The van der Waals surface area contributed by atoms with E-state index < -0.39 is 24.2 Å². The molecule has 0 amide bonds. The van der Waals surface area contributed by atoms with E-state index in [1.807, 2.05) is 0 Å². The highest BCUT2D eigenvalue weighted by Gasteiger charge is 2.25. The lowest BCUT2D eigenvalue weighted by atomic mass is 10.2. The van der Waals surface area contributed by atoms with E-state index in [1.54, 1.807) is 0 Å². The van der Waals surface area contributed by atoms with Gasteiger partial charge in [-0.15, -0.1) is 6.42 Å². The summed E-state index contributed by atoms with van der Waals surface area (Å²) in [5.41, 5.74) is 0. The van der Waals surface area contributed by atoms with Gasteiger partial charge in [-0.1, -0.05) is 5.92 Å². The molecule has 0 aliphatic carbocycles. The average molecular weight is 244 g/mol. The summed E-state index contributed by atoms with van der Waals surface area (Å²) in [4.78, 5) is 32.5. The topological polar surface area (TPSA) is 99.1 Å². The van der Waals surface area contributed by atoms with Gasteiger partial charge in [-0.05, 0) is 0 Å². The van der Waals surface area contributed by atoms with E-state index in [0.717, 1.165) is 7.11 Å². The first-order valence-electron chi connectivity index (χ1n) is 4.57. The molecule has 17 heavy (non-hydrogen) atoms. The molecule has 0 rings (SSSR count). The van der Waals surface area contributed by atoms with E-state index in [1.165, 1.54) is 0 Å². The van der Waals surface area contributed by atoms with Crippen molar-refractivity contribution in [1.29, 1.82) is 0 Å². The summed E-state index contributed by atoms with van der Waals surface area (Å²) in [6.45, 7) is -0.285. The Hall–Kier alpha value is -2.23. The highest BCUT2D eigenvalue weighted by atomic mass is 16.7. The third-order valence-electron chi connectivity index (χ3n) is 1.59. The van der Waals surface area contributed by atoms with Crippen LogP contribution in [0, 0.1) is 12.3 Å². The Labute approximate surface area is 97.6 Å². The maximum atomic E-state index is 11.3. The van der Waals surface area contributed by atoms with Gasteiger partial charge in [-0.25, -0.2) is 9.59 Å². The summed E-state index contributed by atoms with van der Waals surface area (Å²) in [6, 6.07) is 0. The molecule has 0 spiro atoms. The van der Waals surface area contributed by atoms with E-state index >= 15 is 0 Å². The van der Waals surface area contributed by atoms with Crippen LogP contribution in [0.3, 0.4) is 0 Å². The van der Waals surface area contributed by atoms with Crippen molar-refractivity contribution in [2.24, 2.45) is 0 Å². The summed E-state index contributed by atoms with van der Waals surface area (Å²) >= 11 is 0. The Morgan fingerprint density at radius 1 is 1.41 bits per heavy atom. The number of hydrogen-bond acceptors (Lipinski definition) is 6. The molecule has 1 N–H and O–H groups in total. The zero-order valence-electron chi connectivity index (χ0n) is 9.17. The van der Waals surface area contributed by atoms with Crippen LogP contribution >= 0.6 is 0 Å². The number of carbonyl (C=O) groups excluding carboxylic acids is 2. The summed E-state index contributed by atoms with van der Waals surface area (Å²) in [5.74, 6) is 0.0155. The highest BCUT2D eigenvalue weighted by molar-refractivity contribution is 5.78. The summed E-state index contributed by atoms with van der Waals surface area (Å²) in [5, 5.41) is 8.46. The second kappa shape index (κ2) is 7.98. The summed E-state index contributed by atoms with van der Waals surface area (Å²) in [6.07, 6.45) is 1.86. The molecule has 1 unspecified atom stereocenters. The molecule has 7 nitrogen and oxygen atoms in total. The Kier molecular flexibility index (Phi) is 6.94. The maximum Gasteiger partial charge on any atom is 0.508 e.